The summed E-state index contributed by atoms with van der Waals surface area (Å²) in [5.74, 6) is -2.64. The lowest BCUT2D eigenvalue weighted by Crippen LogP contribution is -2.42. The van der Waals surface area contributed by atoms with Gasteiger partial charge >= 0.3 is 5.97 Å². The largest absolute Gasteiger partial charge is 0.488 e. The number of benzene rings is 4. The molecule has 12 heteroatoms. The summed E-state index contributed by atoms with van der Waals surface area (Å²) in [4.78, 5) is 26.3. The normalized spacial score (nSPS) is 13.0. The third-order valence-electron chi connectivity index (χ3n) is 8.04. The zero-order valence-corrected chi connectivity index (χ0v) is 27.2. The molecule has 9 nitrogen and oxygen atoms in total. The van der Waals surface area contributed by atoms with Crippen molar-refractivity contribution in [3.63, 3.8) is 0 Å². The Hall–Kier alpha value is -5.59. The number of aliphatic imine (C=N–C) groups is 1. The molecule has 4 aromatic carbocycles. The van der Waals surface area contributed by atoms with Gasteiger partial charge in [0.25, 0.3) is 0 Å². The first-order valence-electron chi connectivity index (χ1n) is 15.2. The van der Waals surface area contributed by atoms with Gasteiger partial charge in [-0.1, -0.05) is 67.6 Å². The Morgan fingerprint density at radius 3 is 2.53 bits per heavy atom. The van der Waals surface area contributed by atoms with Crippen LogP contribution in [0.15, 0.2) is 120 Å². The van der Waals surface area contributed by atoms with E-state index in [4.69, 9.17) is 19.2 Å². The van der Waals surface area contributed by atoms with Crippen LogP contribution in [0.5, 0.6) is 5.75 Å². The summed E-state index contributed by atoms with van der Waals surface area (Å²) in [6.07, 6.45) is 2.80. The minimum atomic E-state index is -1.60. The summed E-state index contributed by atoms with van der Waals surface area (Å²) in [7, 11) is 0. The van der Waals surface area contributed by atoms with E-state index in [2.05, 4.69) is 21.8 Å². The van der Waals surface area contributed by atoms with Crippen molar-refractivity contribution >= 4 is 29.7 Å². The molecule has 0 fully saturated rings. The molecule has 2 aromatic heterocycles. The van der Waals surface area contributed by atoms with Gasteiger partial charge in [0.2, 0.25) is 0 Å². The van der Waals surface area contributed by atoms with Crippen molar-refractivity contribution < 1.29 is 27.8 Å². The van der Waals surface area contributed by atoms with E-state index >= 15 is 4.39 Å². The zero-order chi connectivity index (χ0) is 34.2. The Morgan fingerprint density at radius 2 is 1.80 bits per heavy atom. The fraction of sp³-hybridized carbons (Fsp3) is 0.162. The molecule has 0 saturated carbocycles. The van der Waals surface area contributed by atoms with Crippen LogP contribution in [0.1, 0.15) is 39.3 Å². The lowest BCUT2D eigenvalue weighted by molar-refractivity contribution is -0.148. The smallest absolute Gasteiger partial charge is 0.344 e. The molecule has 6 rings (SSSR count). The van der Waals surface area contributed by atoms with Gasteiger partial charge in [-0.05, 0) is 42.6 Å². The van der Waals surface area contributed by atoms with Gasteiger partial charge in [0.15, 0.2) is 6.79 Å². The third-order valence-corrected chi connectivity index (χ3v) is 9.07. The summed E-state index contributed by atoms with van der Waals surface area (Å²) in [5, 5.41) is 6.72. The van der Waals surface area contributed by atoms with E-state index in [0.717, 1.165) is 28.9 Å². The molecule has 6 aromatic rings. The van der Waals surface area contributed by atoms with Crippen LogP contribution < -0.4 is 4.74 Å². The second-order valence-electron chi connectivity index (χ2n) is 11.1. The lowest BCUT2D eigenvalue weighted by Gasteiger charge is -2.38. The Bertz CT molecular complexity index is 2020. The summed E-state index contributed by atoms with van der Waals surface area (Å²) in [5.41, 5.74) is 1.80. The molecule has 0 aliphatic rings. The summed E-state index contributed by atoms with van der Waals surface area (Å²) in [6, 6.07) is 26.9. The summed E-state index contributed by atoms with van der Waals surface area (Å²) in [6.45, 7) is 4.96. The van der Waals surface area contributed by atoms with E-state index in [0.29, 0.717) is 16.5 Å². The molecule has 0 spiro atoms. The molecule has 0 aliphatic heterocycles. The van der Waals surface area contributed by atoms with E-state index in [9.17, 15) is 9.18 Å². The van der Waals surface area contributed by atoms with E-state index < -0.39 is 35.9 Å². The average molecular weight is 680 g/mol. The fourth-order valence-corrected chi connectivity index (χ4v) is 6.38. The van der Waals surface area contributed by atoms with Gasteiger partial charge in [0, 0.05) is 28.5 Å². The molecule has 248 valence electrons. The first kappa shape index (κ1) is 33.3. The van der Waals surface area contributed by atoms with Crippen LogP contribution in [-0.4, -0.2) is 39.2 Å². The highest BCUT2D eigenvalue weighted by Gasteiger charge is 2.45. The first-order valence-corrected chi connectivity index (χ1v) is 16.1. The van der Waals surface area contributed by atoms with Gasteiger partial charge in [-0.2, -0.15) is 5.10 Å². The maximum atomic E-state index is 15.8. The molecular formula is C37H31F2N5O4S. The van der Waals surface area contributed by atoms with Gasteiger partial charge in [-0.3, -0.25) is 4.99 Å². The van der Waals surface area contributed by atoms with Crippen LogP contribution in [0.3, 0.4) is 0 Å². The van der Waals surface area contributed by atoms with Gasteiger partial charge < -0.3 is 14.2 Å². The highest BCUT2D eigenvalue weighted by molar-refractivity contribution is 7.10. The Balaban J connectivity index is 1.31. The number of thiazole rings is 1. The number of hydrogen-bond acceptors (Lipinski definition) is 9. The SMILES string of the molecule is C=Nc1ccc(-c2csc([C@H](C)C(Cn3cncn3)(OCOC(=O)c3ccccc3OCc3ccccc3)c3ccc(F)cc3F)n2)cc1. The molecular weight excluding hydrogens is 649 g/mol. The molecule has 0 N–H and O–H groups in total. The van der Waals surface area contributed by atoms with Crippen LogP contribution in [0.25, 0.3) is 11.3 Å². The quantitative estimate of drug-likeness (QED) is 0.0651. The molecule has 0 bridgehead atoms. The van der Waals surface area contributed by atoms with Crippen LogP contribution in [0, 0.1) is 11.6 Å². The van der Waals surface area contributed by atoms with Crippen molar-refractivity contribution in [2.75, 3.05) is 6.79 Å². The molecule has 0 radical (unpaired) electrons. The number of para-hydroxylation sites is 1. The summed E-state index contributed by atoms with van der Waals surface area (Å²) >= 11 is 1.35. The molecule has 0 amide bonds. The van der Waals surface area contributed by atoms with Crippen molar-refractivity contribution in [2.45, 2.75) is 31.6 Å². The predicted molar refractivity (Wildman–Crippen MR) is 182 cm³/mol. The Labute approximate surface area is 285 Å². The first-order chi connectivity index (χ1) is 23.9. The van der Waals surface area contributed by atoms with Crippen LogP contribution >= 0.6 is 11.3 Å². The highest BCUT2D eigenvalue weighted by atomic mass is 32.1. The number of aromatic nitrogens is 4. The fourth-order valence-electron chi connectivity index (χ4n) is 5.41. The van der Waals surface area contributed by atoms with E-state index in [1.54, 1.807) is 24.3 Å². The molecule has 0 aliphatic carbocycles. The minimum Gasteiger partial charge on any atom is -0.488 e. The predicted octanol–water partition coefficient (Wildman–Crippen LogP) is 8.12. The number of carbonyl (C=O) groups excluding carboxylic acids is 1. The molecule has 49 heavy (non-hydrogen) atoms. The van der Waals surface area contributed by atoms with Crippen LogP contribution in [0.4, 0.5) is 14.5 Å². The average Bonchev–Trinajstić information content (AvgIpc) is 3.84. The minimum absolute atomic E-state index is 0.0257. The number of carbonyl (C=O) groups is 1. The second-order valence-corrected chi connectivity index (χ2v) is 12.0. The maximum absolute atomic E-state index is 15.8. The van der Waals surface area contributed by atoms with Crippen molar-refractivity contribution in [3.8, 4) is 17.0 Å². The van der Waals surface area contributed by atoms with Crippen LogP contribution in [0.2, 0.25) is 0 Å². The van der Waals surface area contributed by atoms with Gasteiger partial charge in [-0.25, -0.2) is 28.2 Å². The number of rotatable bonds is 14. The van der Waals surface area contributed by atoms with Gasteiger partial charge in [0.1, 0.15) is 47.8 Å². The number of hydrogen-bond donors (Lipinski definition) is 0. The van der Waals surface area contributed by atoms with Crippen molar-refractivity contribution in [3.05, 3.63) is 148 Å². The van der Waals surface area contributed by atoms with Crippen molar-refractivity contribution in [1.29, 1.82) is 0 Å². The monoisotopic (exact) mass is 679 g/mol. The van der Waals surface area contributed by atoms with E-state index in [1.807, 2.05) is 66.9 Å². The molecule has 0 saturated heterocycles. The Morgan fingerprint density at radius 1 is 1.02 bits per heavy atom. The third kappa shape index (κ3) is 7.61. The van der Waals surface area contributed by atoms with E-state index in [1.165, 1.54) is 34.7 Å². The zero-order valence-electron chi connectivity index (χ0n) is 26.4. The standard InChI is InChI=1S/C37H31F2N5O4S/c1-25(35-43-33(20-49-35)27-12-15-29(40-2)16-13-27)37(21-44-23-41-22-42-44,31-17-14-28(38)18-32(31)39)48-24-47-36(45)30-10-6-7-11-34(30)46-19-26-8-4-3-5-9-26/h3-18,20,22-23,25H,2,19,21,24H2,1H3/t25-,37?/m0/s1. The van der Waals surface area contributed by atoms with E-state index in [-0.39, 0.29) is 24.3 Å². The lowest BCUT2D eigenvalue weighted by atomic mass is 9.81. The van der Waals surface area contributed by atoms with Crippen molar-refractivity contribution in [2.24, 2.45) is 4.99 Å². The maximum Gasteiger partial charge on any atom is 0.344 e. The summed E-state index contributed by atoms with van der Waals surface area (Å²) < 4.78 is 49.5. The van der Waals surface area contributed by atoms with Crippen molar-refractivity contribution in [1.82, 2.24) is 19.7 Å². The Kier molecular flexibility index (Phi) is 10.3. The number of ether oxygens (including phenoxy) is 3. The second kappa shape index (κ2) is 15.1. The topological polar surface area (TPSA) is 101 Å². The molecule has 2 heterocycles. The number of nitrogens with zero attached hydrogens (tertiary/aromatic N) is 5. The number of halogens is 2. The van der Waals surface area contributed by atoms with Gasteiger partial charge in [-0.15, -0.1) is 11.3 Å². The van der Waals surface area contributed by atoms with Crippen LogP contribution in [-0.2, 0) is 28.2 Å². The number of esters is 1. The van der Waals surface area contributed by atoms with Gasteiger partial charge in [0.05, 0.1) is 22.9 Å². The molecule has 2 atom stereocenters. The highest BCUT2D eigenvalue weighted by Crippen LogP contribution is 2.44. The molecule has 1 unspecified atom stereocenters.